The standard InChI is InChI=1S/C10H10ClNO/c1-7-3-10(13-2)8(5-11)4-9(7)6-12/h3-4H,5H2,1-2H3. The van der Waals surface area contributed by atoms with Crippen LogP contribution in [0, 0.1) is 18.3 Å². The Bertz CT molecular complexity index is 355. The van der Waals surface area contributed by atoms with Crippen molar-refractivity contribution in [1.29, 1.82) is 5.26 Å². The molecule has 0 radical (unpaired) electrons. The first-order valence-corrected chi connectivity index (χ1v) is 4.40. The number of hydrogen-bond acceptors (Lipinski definition) is 2. The third kappa shape index (κ3) is 1.93. The fraction of sp³-hybridized carbons (Fsp3) is 0.300. The molecule has 1 aromatic carbocycles. The normalized spacial score (nSPS) is 9.38. The Balaban J connectivity index is 3.28. The SMILES string of the molecule is COc1cc(C)c(C#N)cc1CCl. The maximum absolute atomic E-state index is 8.77. The van der Waals surface area contributed by atoms with Crippen LogP contribution in [-0.4, -0.2) is 7.11 Å². The van der Waals surface area contributed by atoms with Crippen LogP contribution >= 0.6 is 11.6 Å². The van der Waals surface area contributed by atoms with Gasteiger partial charge in [0.25, 0.3) is 0 Å². The van der Waals surface area contributed by atoms with Crippen LogP contribution in [0.1, 0.15) is 16.7 Å². The van der Waals surface area contributed by atoms with E-state index in [0.29, 0.717) is 11.4 Å². The summed E-state index contributed by atoms with van der Waals surface area (Å²) < 4.78 is 5.12. The zero-order valence-electron chi connectivity index (χ0n) is 7.60. The van der Waals surface area contributed by atoms with E-state index in [2.05, 4.69) is 6.07 Å². The van der Waals surface area contributed by atoms with Crippen molar-refractivity contribution in [3.8, 4) is 11.8 Å². The summed E-state index contributed by atoms with van der Waals surface area (Å²) >= 11 is 5.70. The van der Waals surface area contributed by atoms with E-state index in [1.165, 1.54) is 0 Å². The lowest BCUT2D eigenvalue weighted by Crippen LogP contribution is -1.93. The lowest BCUT2D eigenvalue weighted by Gasteiger charge is -2.07. The fourth-order valence-electron chi connectivity index (χ4n) is 1.14. The van der Waals surface area contributed by atoms with E-state index in [1.54, 1.807) is 13.2 Å². The van der Waals surface area contributed by atoms with Crippen molar-refractivity contribution in [2.45, 2.75) is 12.8 Å². The largest absolute Gasteiger partial charge is 0.496 e. The summed E-state index contributed by atoms with van der Waals surface area (Å²) in [5, 5.41) is 8.77. The number of hydrogen-bond donors (Lipinski definition) is 0. The molecule has 0 aliphatic heterocycles. The van der Waals surface area contributed by atoms with E-state index in [9.17, 15) is 0 Å². The molecule has 0 saturated carbocycles. The Morgan fingerprint density at radius 1 is 1.54 bits per heavy atom. The van der Waals surface area contributed by atoms with E-state index in [-0.39, 0.29) is 0 Å². The highest BCUT2D eigenvalue weighted by molar-refractivity contribution is 6.17. The van der Waals surface area contributed by atoms with Crippen LogP contribution < -0.4 is 4.74 Å². The van der Waals surface area contributed by atoms with Crippen LogP contribution in [0.2, 0.25) is 0 Å². The molecule has 0 aliphatic carbocycles. The minimum atomic E-state index is 0.359. The summed E-state index contributed by atoms with van der Waals surface area (Å²) in [6, 6.07) is 5.70. The summed E-state index contributed by atoms with van der Waals surface area (Å²) in [5.41, 5.74) is 2.41. The van der Waals surface area contributed by atoms with Gasteiger partial charge in [-0.15, -0.1) is 11.6 Å². The minimum Gasteiger partial charge on any atom is -0.496 e. The second-order valence-electron chi connectivity index (χ2n) is 2.72. The third-order valence-electron chi connectivity index (χ3n) is 1.89. The van der Waals surface area contributed by atoms with E-state index >= 15 is 0 Å². The van der Waals surface area contributed by atoms with E-state index < -0.39 is 0 Å². The second kappa shape index (κ2) is 4.15. The molecule has 0 heterocycles. The van der Waals surface area contributed by atoms with Crippen LogP contribution in [0.15, 0.2) is 12.1 Å². The summed E-state index contributed by atoms with van der Waals surface area (Å²) in [6.45, 7) is 1.87. The molecule has 0 fully saturated rings. The number of nitrogens with zero attached hydrogens (tertiary/aromatic N) is 1. The monoisotopic (exact) mass is 195 g/mol. The quantitative estimate of drug-likeness (QED) is 0.680. The van der Waals surface area contributed by atoms with Crippen molar-refractivity contribution in [1.82, 2.24) is 0 Å². The van der Waals surface area contributed by atoms with Gasteiger partial charge in [-0.3, -0.25) is 0 Å². The first-order chi connectivity index (χ1) is 6.22. The third-order valence-corrected chi connectivity index (χ3v) is 2.18. The Hall–Kier alpha value is -1.20. The van der Waals surface area contributed by atoms with Gasteiger partial charge in [0.2, 0.25) is 0 Å². The molecule has 0 aromatic heterocycles. The average Bonchev–Trinajstić information content (AvgIpc) is 2.17. The predicted octanol–water partition coefficient (Wildman–Crippen LogP) is 2.61. The molecule has 1 rings (SSSR count). The summed E-state index contributed by atoms with van der Waals surface area (Å²) in [5.74, 6) is 1.10. The molecule has 0 saturated heterocycles. The van der Waals surface area contributed by atoms with E-state index in [0.717, 1.165) is 16.9 Å². The minimum absolute atomic E-state index is 0.359. The van der Waals surface area contributed by atoms with Gasteiger partial charge < -0.3 is 4.74 Å². The molecule has 2 nitrogen and oxygen atoms in total. The number of benzene rings is 1. The van der Waals surface area contributed by atoms with Crippen molar-refractivity contribution in [2.24, 2.45) is 0 Å². The highest BCUT2D eigenvalue weighted by atomic mass is 35.5. The topological polar surface area (TPSA) is 33.0 Å². The van der Waals surface area contributed by atoms with Gasteiger partial charge in [-0.25, -0.2) is 0 Å². The van der Waals surface area contributed by atoms with Crippen molar-refractivity contribution in [2.75, 3.05) is 7.11 Å². The number of ether oxygens (including phenoxy) is 1. The highest BCUT2D eigenvalue weighted by Gasteiger charge is 2.06. The number of alkyl halides is 1. The zero-order chi connectivity index (χ0) is 9.84. The molecule has 0 amide bonds. The number of nitriles is 1. The van der Waals surface area contributed by atoms with Crippen LogP contribution in [0.4, 0.5) is 0 Å². The molecule has 0 unspecified atom stereocenters. The lowest BCUT2D eigenvalue weighted by molar-refractivity contribution is 0.411. The van der Waals surface area contributed by atoms with Gasteiger partial charge >= 0.3 is 0 Å². The summed E-state index contributed by atoms with van der Waals surface area (Å²) in [7, 11) is 1.59. The van der Waals surface area contributed by atoms with Gasteiger partial charge in [-0.2, -0.15) is 5.26 Å². The van der Waals surface area contributed by atoms with Crippen molar-refractivity contribution in [3.05, 3.63) is 28.8 Å². The van der Waals surface area contributed by atoms with Gasteiger partial charge in [-0.1, -0.05) is 0 Å². The van der Waals surface area contributed by atoms with Gasteiger partial charge in [0, 0.05) is 5.56 Å². The van der Waals surface area contributed by atoms with Crippen molar-refractivity contribution < 1.29 is 4.74 Å². The van der Waals surface area contributed by atoms with E-state index in [1.807, 2.05) is 13.0 Å². The molecule has 0 bridgehead atoms. The molecule has 1 aromatic rings. The maximum Gasteiger partial charge on any atom is 0.123 e. The number of aryl methyl sites for hydroxylation is 1. The molecular formula is C10H10ClNO. The Kier molecular flexibility index (Phi) is 3.16. The Morgan fingerprint density at radius 2 is 2.23 bits per heavy atom. The number of rotatable bonds is 2. The Morgan fingerprint density at radius 3 is 2.69 bits per heavy atom. The van der Waals surface area contributed by atoms with Gasteiger partial charge in [0.05, 0.1) is 24.6 Å². The van der Waals surface area contributed by atoms with Gasteiger partial charge in [0.15, 0.2) is 0 Å². The van der Waals surface area contributed by atoms with Crippen LogP contribution in [0.3, 0.4) is 0 Å². The lowest BCUT2D eigenvalue weighted by atomic mass is 10.1. The molecule has 0 aliphatic rings. The van der Waals surface area contributed by atoms with Crippen LogP contribution in [-0.2, 0) is 5.88 Å². The van der Waals surface area contributed by atoms with Crippen molar-refractivity contribution in [3.63, 3.8) is 0 Å². The first-order valence-electron chi connectivity index (χ1n) is 3.86. The summed E-state index contributed by atoms with van der Waals surface area (Å²) in [6.07, 6.45) is 0. The predicted molar refractivity (Wildman–Crippen MR) is 52.0 cm³/mol. The average molecular weight is 196 g/mol. The summed E-state index contributed by atoms with van der Waals surface area (Å²) in [4.78, 5) is 0. The molecule has 0 spiro atoms. The first kappa shape index (κ1) is 9.88. The molecular weight excluding hydrogens is 186 g/mol. The Labute approximate surface area is 82.7 Å². The molecule has 68 valence electrons. The van der Waals surface area contributed by atoms with Crippen LogP contribution in [0.25, 0.3) is 0 Å². The van der Waals surface area contributed by atoms with Gasteiger partial charge in [-0.05, 0) is 24.6 Å². The molecule has 3 heteroatoms. The second-order valence-corrected chi connectivity index (χ2v) is 2.99. The molecule has 0 atom stereocenters. The number of halogens is 1. The van der Waals surface area contributed by atoms with Crippen LogP contribution in [0.5, 0.6) is 5.75 Å². The molecule has 0 N–H and O–H groups in total. The van der Waals surface area contributed by atoms with Gasteiger partial charge in [0.1, 0.15) is 5.75 Å². The molecule has 13 heavy (non-hydrogen) atoms. The van der Waals surface area contributed by atoms with Crippen molar-refractivity contribution >= 4 is 11.6 Å². The number of methoxy groups -OCH3 is 1. The maximum atomic E-state index is 8.77. The highest BCUT2D eigenvalue weighted by Crippen LogP contribution is 2.24. The van der Waals surface area contributed by atoms with E-state index in [4.69, 9.17) is 21.6 Å². The smallest absolute Gasteiger partial charge is 0.123 e. The fourth-order valence-corrected chi connectivity index (χ4v) is 1.35. The zero-order valence-corrected chi connectivity index (χ0v) is 8.35.